The van der Waals surface area contributed by atoms with E-state index < -0.39 is 19.6 Å². The third kappa shape index (κ3) is 7.42. The van der Waals surface area contributed by atoms with Gasteiger partial charge in [-0.3, -0.25) is 0 Å². The molecular formula is C13H20NO4P. The van der Waals surface area contributed by atoms with Crippen LogP contribution in [-0.2, 0) is 20.7 Å². The zero-order valence-electron chi connectivity index (χ0n) is 11.4. The molecule has 1 aromatic carbocycles. The number of carbonyl (C=O) groups excluding carboxylic acids is 2. The SMILES string of the molecule is C[PH](C)(C)OC(=O)NCC(=O)OCc1ccccc1. The van der Waals surface area contributed by atoms with E-state index in [9.17, 15) is 9.59 Å². The topological polar surface area (TPSA) is 64.6 Å². The van der Waals surface area contributed by atoms with E-state index in [0.29, 0.717) is 0 Å². The molecule has 1 amide bonds. The minimum absolute atomic E-state index is 0.184. The summed E-state index contributed by atoms with van der Waals surface area (Å²) in [5, 5.41) is 2.37. The molecule has 0 spiro atoms. The molecule has 0 unspecified atom stereocenters. The Morgan fingerprint density at radius 1 is 1.16 bits per heavy atom. The predicted octanol–water partition coefficient (Wildman–Crippen LogP) is 2.01. The Morgan fingerprint density at radius 2 is 1.79 bits per heavy atom. The van der Waals surface area contributed by atoms with E-state index >= 15 is 0 Å². The van der Waals surface area contributed by atoms with Crippen molar-refractivity contribution < 1.29 is 18.8 Å². The Balaban J connectivity index is 2.23. The molecule has 0 fully saturated rings. The summed E-state index contributed by atoms with van der Waals surface area (Å²) in [7, 11) is -1.93. The van der Waals surface area contributed by atoms with Crippen LogP contribution in [-0.4, -0.2) is 38.6 Å². The number of hydrogen-bond acceptors (Lipinski definition) is 4. The second-order valence-corrected chi connectivity index (χ2v) is 9.43. The van der Waals surface area contributed by atoms with Gasteiger partial charge in [-0.1, -0.05) is 0 Å². The van der Waals surface area contributed by atoms with Gasteiger partial charge in [0.25, 0.3) is 0 Å². The summed E-state index contributed by atoms with van der Waals surface area (Å²) in [6, 6.07) is 9.35. The Kier molecular flexibility index (Phi) is 5.77. The predicted molar refractivity (Wildman–Crippen MR) is 76.8 cm³/mol. The third-order valence-electron chi connectivity index (χ3n) is 2.02. The third-order valence-corrected chi connectivity index (χ3v) is 2.82. The van der Waals surface area contributed by atoms with E-state index in [1.54, 1.807) is 0 Å². The van der Waals surface area contributed by atoms with Gasteiger partial charge >= 0.3 is 113 Å². The molecule has 0 aliphatic rings. The second kappa shape index (κ2) is 7.10. The van der Waals surface area contributed by atoms with E-state index in [4.69, 9.17) is 9.26 Å². The molecule has 0 radical (unpaired) electrons. The first-order valence-electron chi connectivity index (χ1n) is 6.03. The number of rotatable bonds is 5. The number of carbonyl (C=O) groups is 2. The summed E-state index contributed by atoms with van der Waals surface area (Å²) in [5.41, 5.74) is 0.903. The van der Waals surface area contributed by atoms with Gasteiger partial charge in [0, 0.05) is 0 Å². The molecule has 106 valence electrons. The van der Waals surface area contributed by atoms with Gasteiger partial charge in [0.15, 0.2) is 0 Å². The summed E-state index contributed by atoms with van der Waals surface area (Å²) in [6.45, 7) is 5.68. The molecule has 0 atom stereocenters. The Bertz CT molecular complexity index is 428. The fourth-order valence-electron chi connectivity index (χ4n) is 1.25. The molecule has 1 rings (SSSR count). The Hall–Kier alpha value is -1.61. The van der Waals surface area contributed by atoms with Crippen LogP contribution in [0.5, 0.6) is 0 Å². The van der Waals surface area contributed by atoms with Crippen LogP contribution in [0.15, 0.2) is 30.3 Å². The molecule has 5 nitrogen and oxygen atoms in total. The zero-order chi connectivity index (χ0) is 14.3. The van der Waals surface area contributed by atoms with E-state index in [0.717, 1.165) is 5.56 Å². The molecular weight excluding hydrogens is 265 g/mol. The van der Waals surface area contributed by atoms with Crippen molar-refractivity contribution in [1.29, 1.82) is 0 Å². The molecule has 1 aromatic rings. The van der Waals surface area contributed by atoms with Crippen LogP contribution in [0.25, 0.3) is 0 Å². The standard InChI is InChI=1S/C13H20NO4P/c1-19(2,3)18-13(16)14-9-12(15)17-10-11-7-5-4-6-8-11/h4-8,19H,9-10H2,1-3H3,(H,14,16). The van der Waals surface area contributed by atoms with Gasteiger partial charge < -0.3 is 0 Å². The number of ether oxygens (including phenoxy) is 1. The van der Waals surface area contributed by atoms with Crippen LogP contribution in [0.2, 0.25) is 0 Å². The van der Waals surface area contributed by atoms with Crippen molar-refractivity contribution >= 4 is 19.6 Å². The van der Waals surface area contributed by atoms with Crippen LogP contribution < -0.4 is 5.32 Å². The van der Waals surface area contributed by atoms with Gasteiger partial charge in [-0.15, -0.1) is 0 Å². The van der Waals surface area contributed by atoms with E-state index in [1.165, 1.54) is 0 Å². The van der Waals surface area contributed by atoms with Gasteiger partial charge in [0.05, 0.1) is 0 Å². The summed E-state index contributed by atoms with van der Waals surface area (Å²) >= 11 is 0. The van der Waals surface area contributed by atoms with Crippen LogP contribution in [0.1, 0.15) is 5.56 Å². The summed E-state index contributed by atoms with van der Waals surface area (Å²) in [5.74, 6) is -0.489. The number of nitrogens with one attached hydrogen (secondary N) is 1. The monoisotopic (exact) mass is 285 g/mol. The van der Waals surface area contributed by atoms with Crippen molar-refractivity contribution in [2.45, 2.75) is 6.61 Å². The fraction of sp³-hybridized carbons (Fsp3) is 0.385. The maximum atomic E-state index is 11.4. The van der Waals surface area contributed by atoms with Crippen molar-refractivity contribution in [2.75, 3.05) is 26.5 Å². The first kappa shape index (κ1) is 15.4. The number of benzene rings is 1. The van der Waals surface area contributed by atoms with Gasteiger partial charge in [-0.2, -0.15) is 0 Å². The molecule has 0 bridgehead atoms. The van der Waals surface area contributed by atoms with E-state index in [-0.39, 0.29) is 13.2 Å². The molecule has 0 saturated carbocycles. The molecule has 0 aliphatic carbocycles. The van der Waals surface area contributed by atoms with Gasteiger partial charge in [0.1, 0.15) is 0 Å². The Morgan fingerprint density at radius 3 is 2.37 bits per heavy atom. The van der Waals surface area contributed by atoms with Crippen molar-refractivity contribution in [1.82, 2.24) is 5.32 Å². The molecule has 0 aliphatic heterocycles. The van der Waals surface area contributed by atoms with Crippen LogP contribution >= 0.6 is 7.49 Å². The van der Waals surface area contributed by atoms with E-state index in [2.05, 4.69) is 5.32 Å². The maximum absolute atomic E-state index is 11.4. The van der Waals surface area contributed by atoms with Crippen LogP contribution in [0.4, 0.5) is 4.79 Å². The molecule has 0 saturated heterocycles. The van der Waals surface area contributed by atoms with Gasteiger partial charge in [-0.05, 0) is 0 Å². The van der Waals surface area contributed by atoms with Crippen molar-refractivity contribution in [2.24, 2.45) is 0 Å². The average Bonchev–Trinajstić information content (AvgIpc) is 2.33. The molecule has 0 aromatic heterocycles. The molecule has 0 heterocycles. The zero-order valence-corrected chi connectivity index (χ0v) is 12.4. The quantitative estimate of drug-likeness (QED) is 0.664. The molecule has 19 heavy (non-hydrogen) atoms. The minimum atomic E-state index is -1.93. The molecule has 1 N–H and O–H groups in total. The summed E-state index contributed by atoms with van der Waals surface area (Å²) in [4.78, 5) is 22.7. The normalized spacial score (nSPS) is 11.5. The number of amides is 1. The average molecular weight is 285 g/mol. The number of hydrogen-bond donors (Lipinski definition) is 1. The van der Waals surface area contributed by atoms with Crippen molar-refractivity contribution in [3.8, 4) is 0 Å². The van der Waals surface area contributed by atoms with E-state index in [1.807, 2.05) is 50.3 Å². The summed E-state index contributed by atoms with van der Waals surface area (Å²) < 4.78 is 10.1. The van der Waals surface area contributed by atoms with Crippen LogP contribution in [0, 0.1) is 0 Å². The first-order chi connectivity index (χ1) is 8.87. The fourth-order valence-corrected chi connectivity index (χ4v) is 1.88. The Labute approximate surface area is 113 Å². The molecule has 6 heteroatoms. The second-order valence-electron chi connectivity index (χ2n) is 5.00. The van der Waals surface area contributed by atoms with Gasteiger partial charge in [0.2, 0.25) is 0 Å². The number of esters is 1. The van der Waals surface area contributed by atoms with Crippen LogP contribution in [0.3, 0.4) is 0 Å². The van der Waals surface area contributed by atoms with Crippen molar-refractivity contribution in [3.05, 3.63) is 35.9 Å². The van der Waals surface area contributed by atoms with Gasteiger partial charge in [-0.25, -0.2) is 0 Å². The van der Waals surface area contributed by atoms with Crippen molar-refractivity contribution in [3.63, 3.8) is 0 Å². The summed E-state index contributed by atoms with van der Waals surface area (Å²) in [6.07, 6.45) is -0.573. The first-order valence-corrected chi connectivity index (χ1v) is 9.44.